The fourth-order valence-electron chi connectivity index (χ4n) is 2.05. The summed E-state index contributed by atoms with van der Waals surface area (Å²) in [5, 5.41) is 7.38. The Hall–Kier alpha value is -2.56. The third-order valence-corrected chi connectivity index (χ3v) is 3.10. The molecule has 19 heavy (non-hydrogen) atoms. The van der Waals surface area contributed by atoms with Gasteiger partial charge in [-0.15, -0.1) is 0 Å². The van der Waals surface area contributed by atoms with Crippen LogP contribution in [0.4, 0.5) is 0 Å². The van der Waals surface area contributed by atoms with Gasteiger partial charge in [-0.1, -0.05) is 12.1 Å². The van der Waals surface area contributed by atoms with Gasteiger partial charge in [0.1, 0.15) is 5.82 Å². The highest BCUT2D eigenvalue weighted by atomic mass is 16.1. The van der Waals surface area contributed by atoms with Crippen LogP contribution < -0.4 is 0 Å². The number of Topliss-reactive ketones (excluding diaryl/α,β-unsaturated/α-hetero) is 1. The maximum Gasteiger partial charge on any atom is 0.172 e. The maximum atomic E-state index is 12.1. The zero-order chi connectivity index (χ0) is 13.2. The van der Waals surface area contributed by atoms with E-state index >= 15 is 0 Å². The second-order valence-electron chi connectivity index (χ2n) is 4.31. The highest BCUT2D eigenvalue weighted by Gasteiger charge is 2.13. The molecule has 0 aliphatic heterocycles. The Morgan fingerprint density at radius 3 is 2.79 bits per heavy atom. The van der Waals surface area contributed by atoms with Crippen LogP contribution in [0.15, 0.2) is 42.7 Å². The van der Waals surface area contributed by atoms with E-state index < -0.39 is 0 Å². The van der Waals surface area contributed by atoms with E-state index in [4.69, 9.17) is 0 Å². The molecule has 0 saturated heterocycles. The predicted molar refractivity (Wildman–Crippen MR) is 70.8 cm³/mol. The monoisotopic (exact) mass is 252 g/mol. The van der Waals surface area contributed by atoms with Crippen molar-refractivity contribution in [1.29, 1.82) is 0 Å². The number of para-hydroxylation sites is 2. The van der Waals surface area contributed by atoms with Gasteiger partial charge >= 0.3 is 0 Å². The molecule has 3 aromatic rings. The number of carbonyl (C=O) groups excluding carboxylic acids is 1. The molecule has 0 aliphatic rings. The van der Waals surface area contributed by atoms with Crippen molar-refractivity contribution in [1.82, 2.24) is 19.7 Å². The Labute approximate surface area is 109 Å². The lowest BCUT2D eigenvalue weighted by Gasteiger charge is -2.01. The van der Waals surface area contributed by atoms with Crippen LogP contribution in [0.25, 0.3) is 11.0 Å². The Balaban J connectivity index is 1.94. The number of carbonyl (C=O) groups is 1. The molecule has 2 heterocycles. The normalized spacial score (nSPS) is 10.8. The van der Waals surface area contributed by atoms with E-state index in [1.165, 1.54) is 12.4 Å². The fraction of sp³-hybridized carbons (Fsp3) is 0.143. The average Bonchev–Trinajstić information content (AvgIpc) is 2.77. The van der Waals surface area contributed by atoms with Gasteiger partial charge < -0.3 is 4.57 Å². The van der Waals surface area contributed by atoms with Crippen molar-refractivity contribution < 1.29 is 4.79 Å². The summed E-state index contributed by atoms with van der Waals surface area (Å²) >= 11 is 0. The lowest BCUT2D eigenvalue weighted by atomic mass is 10.1. The molecule has 0 radical (unpaired) electrons. The van der Waals surface area contributed by atoms with E-state index in [9.17, 15) is 4.79 Å². The number of rotatable bonds is 3. The lowest BCUT2D eigenvalue weighted by Crippen LogP contribution is -2.08. The minimum atomic E-state index is -0.00620. The van der Waals surface area contributed by atoms with Gasteiger partial charge in [0.05, 0.1) is 29.8 Å². The zero-order valence-electron chi connectivity index (χ0n) is 10.4. The standard InChI is InChI=1S/C14H12N4O/c1-18-12-5-3-2-4-11(12)17-14(18)8-13(19)10-6-7-15-16-9-10/h2-7,9H,8H2,1H3. The van der Waals surface area contributed by atoms with Crippen molar-refractivity contribution in [3.8, 4) is 0 Å². The van der Waals surface area contributed by atoms with Crippen molar-refractivity contribution in [2.24, 2.45) is 7.05 Å². The van der Waals surface area contributed by atoms with Crippen LogP contribution in [0.3, 0.4) is 0 Å². The van der Waals surface area contributed by atoms with E-state index in [1.807, 2.05) is 35.9 Å². The first-order valence-electron chi connectivity index (χ1n) is 5.96. The molecule has 0 spiro atoms. The van der Waals surface area contributed by atoms with Gasteiger partial charge in [0, 0.05) is 12.6 Å². The average molecular weight is 252 g/mol. The minimum absolute atomic E-state index is 0.00620. The van der Waals surface area contributed by atoms with Gasteiger partial charge in [0.2, 0.25) is 0 Å². The molecule has 0 saturated carbocycles. The third kappa shape index (κ3) is 2.10. The number of fused-ring (bicyclic) bond motifs is 1. The summed E-state index contributed by atoms with van der Waals surface area (Å²) < 4.78 is 1.95. The van der Waals surface area contributed by atoms with E-state index in [1.54, 1.807) is 6.07 Å². The Morgan fingerprint density at radius 1 is 1.21 bits per heavy atom. The summed E-state index contributed by atoms with van der Waals surface area (Å²) in [5.74, 6) is 0.747. The van der Waals surface area contributed by atoms with Gasteiger partial charge in [0.15, 0.2) is 5.78 Å². The highest BCUT2D eigenvalue weighted by molar-refractivity contribution is 5.97. The molecule has 3 rings (SSSR count). The first-order chi connectivity index (χ1) is 9.25. The number of nitrogens with zero attached hydrogens (tertiary/aromatic N) is 4. The predicted octanol–water partition coefficient (Wildman–Crippen LogP) is 1.79. The smallest absolute Gasteiger partial charge is 0.172 e. The molecule has 2 aromatic heterocycles. The first kappa shape index (κ1) is 11.5. The SMILES string of the molecule is Cn1c(CC(=O)c2ccnnc2)nc2ccccc21. The fourth-order valence-corrected chi connectivity index (χ4v) is 2.05. The van der Waals surface area contributed by atoms with Gasteiger partial charge in [-0.25, -0.2) is 4.98 Å². The van der Waals surface area contributed by atoms with Crippen molar-refractivity contribution in [2.45, 2.75) is 6.42 Å². The van der Waals surface area contributed by atoms with Crippen LogP contribution in [0.5, 0.6) is 0 Å². The van der Waals surface area contributed by atoms with E-state index in [2.05, 4.69) is 15.2 Å². The Kier molecular flexibility index (Phi) is 2.79. The number of aryl methyl sites for hydroxylation is 1. The topological polar surface area (TPSA) is 60.7 Å². The van der Waals surface area contributed by atoms with Crippen molar-refractivity contribution in [3.63, 3.8) is 0 Å². The van der Waals surface area contributed by atoms with E-state index in [-0.39, 0.29) is 12.2 Å². The number of benzene rings is 1. The number of hydrogen-bond donors (Lipinski definition) is 0. The summed E-state index contributed by atoms with van der Waals surface area (Å²) in [7, 11) is 1.92. The summed E-state index contributed by atoms with van der Waals surface area (Å²) in [4.78, 5) is 16.6. The summed E-state index contributed by atoms with van der Waals surface area (Å²) in [5.41, 5.74) is 2.49. The molecule has 94 valence electrons. The van der Waals surface area contributed by atoms with Gasteiger partial charge in [-0.2, -0.15) is 10.2 Å². The largest absolute Gasteiger partial charge is 0.331 e. The molecule has 0 aliphatic carbocycles. The summed E-state index contributed by atoms with van der Waals surface area (Å²) in [6.07, 6.45) is 3.25. The molecule has 0 unspecified atom stereocenters. The van der Waals surface area contributed by atoms with Crippen molar-refractivity contribution in [3.05, 3.63) is 54.1 Å². The first-order valence-corrected chi connectivity index (χ1v) is 5.96. The van der Waals surface area contributed by atoms with Crippen LogP contribution in [0.1, 0.15) is 16.2 Å². The van der Waals surface area contributed by atoms with Gasteiger partial charge in [-0.05, 0) is 18.2 Å². The molecular formula is C14H12N4O. The molecule has 5 nitrogen and oxygen atoms in total. The van der Waals surface area contributed by atoms with E-state index in [0.717, 1.165) is 16.9 Å². The highest BCUT2D eigenvalue weighted by Crippen LogP contribution is 2.15. The molecule has 1 aromatic carbocycles. The molecule has 0 N–H and O–H groups in total. The quantitative estimate of drug-likeness (QED) is 0.667. The van der Waals surface area contributed by atoms with Crippen LogP contribution in [-0.2, 0) is 13.5 Å². The molecule has 0 amide bonds. The van der Waals surface area contributed by atoms with Crippen LogP contribution >= 0.6 is 0 Å². The number of aromatic nitrogens is 4. The second-order valence-corrected chi connectivity index (χ2v) is 4.31. The third-order valence-electron chi connectivity index (χ3n) is 3.10. The second kappa shape index (κ2) is 4.61. The van der Waals surface area contributed by atoms with E-state index in [0.29, 0.717) is 5.56 Å². The van der Waals surface area contributed by atoms with Crippen molar-refractivity contribution in [2.75, 3.05) is 0 Å². The minimum Gasteiger partial charge on any atom is -0.331 e. The maximum absolute atomic E-state index is 12.1. The Bertz CT molecular complexity index is 734. The van der Waals surface area contributed by atoms with Crippen LogP contribution in [-0.4, -0.2) is 25.5 Å². The van der Waals surface area contributed by atoms with Gasteiger partial charge in [-0.3, -0.25) is 4.79 Å². The molecule has 0 bridgehead atoms. The van der Waals surface area contributed by atoms with Crippen LogP contribution in [0.2, 0.25) is 0 Å². The molecule has 0 atom stereocenters. The molecule has 5 heteroatoms. The molecule has 0 fully saturated rings. The number of imidazole rings is 1. The van der Waals surface area contributed by atoms with Crippen LogP contribution in [0, 0.1) is 0 Å². The van der Waals surface area contributed by atoms with Gasteiger partial charge in [0.25, 0.3) is 0 Å². The zero-order valence-corrected chi connectivity index (χ0v) is 10.4. The van der Waals surface area contributed by atoms with Crippen molar-refractivity contribution >= 4 is 16.8 Å². The molecular weight excluding hydrogens is 240 g/mol. The number of ketones is 1. The number of hydrogen-bond acceptors (Lipinski definition) is 4. The lowest BCUT2D eigenvalue weighted by molar-refractivity contribution is 0.0989. The summed E-state index contributed by atoms with van der Waals surface area (Å²) in [6, 6.07) is 9.50. The summed E-state index contributed by atoms with van der Waals surface area (Å²) in [6.45, 7) is 0. The Morgan fingerprint density at radius 2 is 2.05 bits per heavy atom.